The van der Waals surface area contributed by atoms with Gasteiger partial charge in [0.05, 0.1) is 6.67 Å². The minimum Gasteiger partial charge on any atom is -0.461 e. The molecule has 0 aliphatic carbocycles. The van der Waals surface area contributed by atoms with E-state index < -0.39 is 0 Å². The maximum absolute atomic E-state index is 5.99. The monoisotopic (exact) mass is 356 g/mol. The molecule has 0 saturated carbocycles. The molecule has 1 aromatic carbocycles. The first-order chi connectivity index (χ1) is 12.0. The quantitative estimate of drug-likeness (QED) is 0.467. The standard InChI is InChI=1S/C19H24N4OS/c1-5-11-22-14(3)20-23(19(22)25)13-21(4)12-16-15-9-7-8-10-18(15)24-17(16)6-2/h5,7-10H,1,6,11-13H2,2-4H3. The Hall–Kier alpha value is -2.18. The summed E-state index contributed by atoms with van der Waals surface area (Å²) in [5.74, 6) is 1.95. The van der Waals surface area contributed by atoms with E-state index in [1.54, 1.807) is 0 Å². The summed E-state index contributed by atoms with van der Waals surface area (Å²) in [5, 5.41) is 5.75. The molecule has 0 atom stereocenters. The number of aryl methyl sites for hydroxylation is 2. The second-order valence-electron chi connectivity index (χ2n) is 6.24. The van der Waals surface area contributed by atoms with Crippen molar-refractivity contribution in [2.75, 3.05) is 7.05 Å². The highest BCUT2D eigenvalue weighted by Gasteiger charge is 2.15. The Balaban J connectivity index is 1.84. The molecular formula is C19H24N4OS. The molecule has 0 saturated heterocycles. The number of aromatic nitrogens is 3. The van der Waals surface area contributed by atoms with Gasteiger partial charge in [0, 0.05) is 30.5 Å². The molecule has 3 rings (SSSR count). The minimum absolute atomic E-state index is 0.631. The number of para-hydroxylation sites is 1. The van der Waals surface area contributed by atoms with Crippen LogP contribution in [0.25, 0.3) is 11.0 Å². The van der Waals surface area contributed by atoms with Gasteiger partial charge in [0.1, 0.15) is 17.2 Å². The second kappa shape index (κ2) is 7.37. The van der Waals surface area contributed by atoms with Crippen LogP contribution in [-0.2, 0) is 26.2 Å². The lowest BCUT2D eigenvalue weighted by Gasteiger charge is -2.16. The zero-order valence-electron chi connectivity index (χ0n) is 15.0. The van der Waals surface area contributed by atoms with E-state index in [-0.39, 0.29) is 0 Å². The van der Waals surface area contributed by atoms with Crippen molar-refractivity contribution >= 4 is 23.2 Å². The van der Waals surface area contributed by atoms with E-state index in [0.717, 1.165) is 34.9 Å². The first-order valence-corrected chi connectivity index (χ1v) is 8.89. The minimum atomic E-state index is 0.631. The number of furan rings is 1. The summed E-state index contributed by atoms with van der Waals surface area (Å²) in [6.45, 7) is 9.97. The van der Waals surface area contributed by atoms with Crippen LogP contribution in [0.15, 0.2) is 41.3 Å². The first kappa shape index (κ1) is 17.6. The van der Waals surface area contributed by atoms with Crippen molar-refractivity contribution < 1.29 is 4.42 Å². The summed E-state index contributed by atoms with van der Waals surface area (Å²) in [7, 11) is 2.07. The maximum atomic E-state index is 5.99. The highest BCUT2D eigenvalue weighted by molar-refractivity contribution is 7.71. The number of benzene rings is 1. The lowest BCUT2D eigenvalue weighted by Crippen LogP contribution is -2.23. The molecule has 5 nitrogen and oxygen atoms in total. The summed E-state index contributed by atoms with van der Waals surface area (Å²) in [6, 6.07) is 8.20. The molecule has 132 valence electrons. The molecule has 0 spiro atoms. The third-order valence-corrected chi connectivity index (χ3v) is 4.76. The van der Waals surface area contributed by atoms with Crippen LogP contribution >= 0.6 is 12.2 Å². The number of hydrogen-bond acceptors (Lipinski definition) is 4. The van der Waals surface area contributed by atoms with Crippen LogP contribution in [0, 0.1) is 11.7 Å². The Kier molecular flexibility index (Phi) is 5.20. The highest BCUT2D eigenvalue weighted by atomic mass is 32.1. The summed E-state index contributed by atoms with van der Waals surface area (Å²) in [6.07, 6.45) is 2.72. The molecular weight excluding hydrogens is 332 g/mol. The topological polar surface area (TPSA) is 39.1 Å². The Morgan fingerprint density at radius 2 is 2.12 bits per heavy atom. The molecule has 2 heterocycles. The number of nitrogens with zero attached hydrogens (tertiary/aromatic N) is 4. The molecule has 25 heavy (non-hydrogen) atoms. The Morgan fingerprint density at radius 1 is 1.36 bits per heavy atom. The fourth-order valence-electron chi connectivity index (χ4n) is 3.14. The molecule has 0 amide bonds. The Morgan fingerprint density at radius 3 is 2.84 bits per heavy atom. The number of hydrogen-bond donors (Lipinski definition) is 0. The molecule has 0 N–H and O–H groups in total. The third-order valence-electron chi connectivity index (χ3n) is 4.33. The van der Waals surface area contributed by atoms with Crippen molar-refractivity contribution in [2.24, 2.45) is 0 Å². The van der Waals surface area contributed by atoms with Gasteiger partial charge in [-0.2, -0.15) is 5.10 Å². The van der Waals surface area contributed by atoms with Crippen LogP contribution in [0.4, 0.5) is 0 Å². The summed E-state index contributed by atoms with van der Waals surface area (Å²) >= 11 is 5.54. The van der Waals surface area contributed by atoms with Gasteiger partial charge in [0.15, 0.2) is 4.77 Å². The van der Waals surface area contributed by atoms with Gasteiger partial charge in [0.2, 0.25) is 0 Å². The van der Waals surface area contributed by atoms with Crippen molar-refractivity contribution in [3.63, 3.8) is 0 Å². The van der Waals surface area contributed by atoms with Crippen LogP contribution in [0.2, 0.25) is 0 Å². The van der Waals surface area contributed by atoms with Gasteiger partial charge < -0.3 is 8.98 Å². The SMILES string of the molecule is C=CCn1c(C)nn(CN(C)Cc2c(CC)oc3ccccc23)c1=S. The third kappa shape index (κ3) is 3.45. The molecule has 0 aliphatic rings. The van der Waals surface area contributed by atoms with Crippen LogP contribution in [0.3, 0.4) is 0 Å². The van der Waals surface area contributed by atoms with Crippen molar-refractivity contribution in [3.05, 3.63) is 58.8 Å². The molecule has 3 aromatic rings. The summed E-state index contributed by atoms with van der Waals surface area (Å²) in [4.78, 5) is 2.21. The van der Waals surface area contributed by atoms with Gasteiger partial charge >= 0.3 is 0 Å². The first-order valence-electron chi connectivity index (χ1n) is 8.48. The Labute approximate surface area is 153 Å². The van der Waals surface area contributed by atoms with Crippen LogP contribution in [0.5, 0.6) is 0 Å². The van der Waals surface area contributed by atoms with E-state index in [1.807, 2.05) is 34.4 Å². The normalized spacial score (nSPS) is 11.5. The molecule has 6 heteroatoms. The van der Waals surface area contributed by atoms with E-state index in [9.17, 15) is 0 Å². The van der Waals surface area contributed by atoms with Gasteiger partial charge in [-0.3, -0.25) is 4.90 Å². The van der Waals surface area contributed by atoms with Gasteiger partial charge in [-0.25, -0.2) is 4.68 Å². The Bertz CT molecular complexity index is 950. The summed E-state index contributed by atoms with van der Waals surface area (Å²) < 4.78 is 10.6. The molecule has 0 aliphatic heterocycles. The average Bonchev–Trinajstić information content (AvgIpc) is 3.08. The van der Waals surface area contributed by atoms with E-state index in [1.165, 1.54) is 10.9 Å². The number of fused-ring (bicyclic) bond motifs is 1. The van der Waals surface area contributed by atoms with Crippen molar-refractivity contribution in [1.29, 1.82) is 0 Å². The van der Waals surface area contributed by atoms with E-state index in [4.69, 9.17) is 16.6 Å². The van der Waals surface area contributed by atoms with Crippen LogP contribution < -0.4 is 0 Å². The number of allylic oxidation sites excluding steroid dienone is 1. The van der Waals surface area contributed by atoms with Crippen molar-refractivity contribution in [2.45, 2.75) is 40.0 Å². The maximum Gasteiger partial charge on any atom is 0.199 e. The van der Waals surface area contributed by atoms with E-state index in [2.05, 4.69) is 42.7 Å². The second-order valence-corrected chi connectivity index (χ2v) is 6.60. The van der Waals surface area contributed by atoms with Crippen molar-refractivity contribution in [3.8, 4) is 0 Å². The lowest BCUT2D eigenvalue weighted by molar-refractivity contribution is 0.242. The van der Waals surface area contributed by atoms with Gasteiger partial charge in [-0.15, -0.1) is 6.58 Å². The molecule has 0 radical (unpaired) electrons. The van der Waals surface area contributed by atoms with Gasteiger partial charge in [-0.1, -0.05) is 31.2 Å². The van der Waals surface area contributed by atoms with Crippen LogP contribution in [-0.4, -0.2) is 26.3 Å². The van der Waals surface area contributed by atoms with E-state index >= 15 is 0 Å². The largest absolute Gasteiger partial charge is 0.461 e. The van der Waals surface area contributed by atoms with Gasteiger partial charge in [0.25, 0.3) is 0 Å². The van der Waals surface area contributed by atoms with Crippen LogP contribution in [0.1, 0.15) is 24.1 Å². The highest BCUT2D eigenvalue weighted by Crippen LogP contribution is 2.27. The zero-order chi connectivity index (χ0) is 18.0. The summed E-state index contributed by atoms with van der Waals surface area (Å²) in [5.41, 5.74) is 2.19. The predicted octanol–water partition coefficient (Wildman–Crippen LogP) is 4.31. The molecule has 0 unspecified atom stereocenters. The predicted molar refractivity (Wildman–Crippen MR) is 103 cm³/mol. The fourth-order valence-corrected chi connectivity index (χ4v) is 3.44. The zero-order valence-corrected chi connectivity index (χ0v) is 15.8. The fraction of sp³-hybridized carbons (Fsp3) is 0.368. The lowest BCUT2D eigenvalue weighted by atomic mass is 10.1. The molecule has 2 aromatic heterocycles. The average molecular weight is 356 g/mol. The smallest absolute Gasteiger partial charge is 0.199 e. The number of rotatable bonds is 7. The van der Waals surface area contributed by atoms with Crippen molar-refractivity contribution in [1.82, 2.24) is 19.2 Å². The molecule has 0 fully saturated rings. The van der Waals surface area contributed by atoms with Gasteiger partial charge in [-0.05, 0) is 32.3 Å². The van der Waals surface area contributed by atoms with E-state index in [0.29, 0.717) is 13.2 Å². The molecule has 0 bridgehead atoms.